The van der Waals surface area contributed by atoms with E-state index in [9.17, 15) is 0 Å². The fourth-order valence-corrected chi connectivity index (χ4v) is 2.72. The molecule has 1 aromatic carbocycles. The van der Waals surface area contributed by atoms with Crippen LogP contribution in [0.15, 0.2) is 46.4 Å². The second kappa shape index (κ2) is 5.99. The Balaban J connectivity index is 1.85. The average Bonchev–Trinajstić information content (AvgIpc) is 3.16. The van der Waals surface area contributed by atoms with Gasteiger partial charge in [-0.3, -0.25) is 0 Å². The van der Waals surface area contributed by atoms with Crippen molar-refractivity contribution >= 4 is 17.0 Å². The molecule has 2 aromatic heterocycles. The molecule has 0 aliphatic heterocycles. The summed E-state index contributed by atoms with van der Waals surface area (Å²) in [4.78, 5) is 4.54. The Bertz CT molecular complexity index is 722. The first-order valence-corrected chi connectivity index (χ1v) is 7.29. The first-order valence-electron chi connectivity index (χ1n) is 6.41. The molecule has 0 bridgehead atoms. The number of nitrogen functional groups attached to an aromatic ring is 1. The Morgan fingerprint density at radius 3 is 2.95 bits per heavy atom. The van der Waals surface area contributed by atoms with Gasteiger partial charge in [0.15, 0.2) is 5.76 Å². The highest BCUT2D eigenvalue weighted by molar-refractivity contribution is 7.13. The summed E-state index contributed by atoms with van der Waals surface area (Å²) in [5.74, 6) is 1.31. The maximum absolute atomic E-state index is 8.76. The number of benzene rings is 1. The fraction of sp³-hybridized carbons (Fsp3) is 0.133. The average molecular weight is 302 g/mol. The number of nitrogens with two attached hydrogens (primary N) is 1. The summed E-state index contributed by atoms with van der Waals surface area (Å²) in [6, 6.07) is 9.21. The molecular formula is C15H14N2O3S. The molecule has 0 aliphatic carbocycles. The van der Waals surface area contributed by atoms with Crippen LogP contribution >= 0.6 is 11.3 Å². The van der Waals surface area contributed by atoms with E-state index >= 15 is 0 Å². The number of furan rings is 1. The van der Waals surface area contributed by atoms with Crippen molar-refractivity contribution in [1.82, 2.24) is 4.98 Å². The third-order valence-corrected chi connectivity index (χ3v) is 3.77. The second-order valence-electron chi connectivity index (χ2n) is 4.34. The monoisotopic (exact) mass is 302 g/mol. The van der Waals surface area contributed by atoms with Crippen molar-refractivity contribution in [3.05, 3.63) is 42.0 Å². The molecule has 0 spiro atoms. The highest BCUT2D eigenvalue weighted by Crippen LogP contribution is 2.32. The molecule has 0 saturated heterocycles. The van der Waals surface area contributed by atoms with E-state index in [1.165, 1.54) is 11.3 Å². The van der Waals surface area contributed by atoms with Crippen molar-refractivity contribution in [3.63, 3.8) is 0 Å². The van der Waals surface area contributed by atoms with Crippen LogP contribution < -0.4 is 10.5 Å². The van der Waals surface area contributed by atoms with Crippen LogP contribution in [0.2, 0.25) is 0 Å². The fourth-order valence-electron chi connectivity index (χ4n) is 1.91. The zero-order valence-electron chi connectivity index (χ0n) is 11.2. The summed E-state index contributed by atoms with van der Waals surface area (Å²) < 4.78 is 10.7. The van der Waals surface area contributed by atoms with Gasteiger partial charge in [0.25, 0.3) is 0 Å². The number of rotatable bonds is 5. The lowest BCUT2D eigenvalue weighted by Gasteiger charge is -2.08. The topological polar surface area (TPSA) is 81.5 Å². The summed E-state index contributed by atoms with van der Waals surface area (Å²) in [5.41, 5.74) is 8.20. The maximum Gasteiger partial charge on any atom is 0.153 e. The van der Waals surface area contributed by atoms with Gasteiger partial charge in [-0.05, 0) is 30.3 Å². The molecule has 0 atom stereocenters. The number of hydrogen-bond donors (Lipinski definition) is 2. The number of thiazole rings is 1. The molecule has 0 fully saturated rings. The first kappa shape index (κ1) is 13.7. The van der Waals surface area contributed by atoms with Crippen LogP contribution in [-0.2, 0) is 0 Å². The normalized spacial score (nSPS) is 10.7. The maximum atomic E-state index is 8.76. The minimum absolute atomic E-state index is 0.0415. The van der Waals surface area contributed by atoms with Crippen LogP contribution in [0.25, 0.3) is 22.0 Å². The molecule has 0 aliphatic rings. The van der Waals surface area contributed by atoms with E-state index in [-0.39, 0.29) is 13.2 Å². The molecule has 0 saturated carbocycles. The van der Waals surface area contributed by atoms with Gasteiger partial charge in [0, 0.05) is 10.9 Å². The molecule has 0 amide bonds. The van der Waals surface area contributed by atoms with Gasteiger partial charge in [0.2, 0.25) is 0 Å². The van der Waals surface area contributed by atoms with E-state index in [0.717, 1.165) is 22.0 Å². The van der Waals surface area contributed by atoms with Crippen molar-refractivity contribution in [2.24, 2.45) is 0 Å². The molecule has 3 N–H and O–H groups in total. The Morgan fingerprint density at radius 1 is 1.33 bits per heavy atom. The molecule has 108 valence electrons. The van der Waals surface area contributed by atoms with Gasteiger partial charge >= 0.3 is 0 Å². The summed E-state index contributed by atoms with van der Waals surface area (Å²) >= 11 is 1.53. The number of anilines is 1. The van der Waals surface area contributed by atoms with E-state index in [1.54, 1.807) is 12.3 Å². The van der Waals surface area contributed by atoms with Crippen LogP contribution in [0, 0.1) is 0 Å². The molecule has 0 radical (unpaired) electrons. The predicted octanol–water partition coefficient (Wildman–Crippen LogP) is 3.02. The van der Waals surface area contributed by atoms with E-state index in [4.69, 9.17) is 20.0 Å². The zero-order chi connectivity index (χ0) is 14.7. The number of ether oxygens (including phenoxy) is 1. The Hall–Kier alpha value is -2.31. The standard InChI is InChI=1S/C15H14N2O3S/c16-11-8-10(3-4-13(11)20-7-5-18)15-17-12(9-21-15)14-2-1-6-19-14/h1-4,6,8-9,18H,5,7,16H2. The molecule has 0 unspecified atom stereocenters. The summed E-state index contributed by atoms with van der Waals surface area (Å²) in [6.45, 7) is 0.184. The van der Waals surface area contributed by atoms with Crippen LogP contribution in [0.1, 0.15) is 0 Å². The highest BCUT2D eigenvalue weighted by atomic mass is 32.1. The van der Waals surface area contributed by atoms with E-state index in [0.29, 0.717) is 11.4 Å². The van der Waals surface area contributed by atoms with Crippen molar-refractivity contribution in [3.8, 4) is 27.8 Å². The minimum atomic E-state index is -0.0415. The third kappa shape index (κ3) is 2.91. The molecule has 3 rings (SSSR count). The van der Waals surface area contributed by atoms with E-state index in [2.05, 4.69) is 4.98 Å². The Kier molecular flexibility index (Phi) is 3.89. The summed E-state index contributed by atoms with van der Waals surface area (Å²) in [6.07, 6.45) is 1.62. The zero-order valence-corrected chi connectivity index (χ0v) is 12.0. The van der Waals surface area contributed by atoms with Gasteiger partial charge in [-0.25, -0.2) is 4.98 Å². The lowest BCUT2D eigenvalue weighted by molar-refractivity contribution is 0.202. The molecule has 5 nitrogen and oxygen atoms in total. The van der Waals surface area contributed by atoms with Crippen molar-refractivity contribution in [1.29, 1.82) is 0 Å². The van der Waals surface area contributed by atoms with Crippen LogP contribution in [-0.4, -0.2) is 23.3 Å². The SMILES string of the molecule is Nc1cc(-c2nc(-c3ccco3)cs2)ccc1OCCO. The van der Waals surface area contributed by atoms with Crippen LogP contribution in [0.5, 0.6) is 5.75 Å². The number of nitrogens with zero attached hydrogens (tertiary/aromatic N) is 1. The smallest absolute Gasteiger partial charge is 0.153 e. The van der Waals surface area contributed by atoms with Crippen molar-refractivity contribution in [2.45, 2.75) is 0 Å². The molecule has 2 heterocycles. The number of aliphatic hydroxyl groups excluding tert-OH is 1. The third-order valence-electron chi connectivity index (χ3n) is 2.88. The highest BCUT2D eigenvalue weighted by Gasteiger charge is 2.10. The van der Waals surface area contributed by atoms with E-state index < -0.39 is 0 Å². The second-order valence-corrected chi connectivity index (χ2v) is 5.20. The Morgan fingerprint density at radius 2 is 2.24 bits per heavy atom. The predicted molar refractivity (Wildman–Crippen MR) is 82.2 cm³/mol. The van der Waals surface area contributed by atoms with Crippen LogP contribution in [0.3, 0.4) is 0 Å². The van der Waals surface area contributed by atoms with Crippen molar-refractivity contribution in [2.75, 3.05) is 18.9 Å². The minimum Gasteiger partial charge on any atom is -0.489 e. The molecular weight excluding hydrogens is 288 g/mol. The largest absolute Gasteiger partial charge is 0.489 e. The van der Waals surface area contributed by atoms with Gasteiger partial charge in [0.05, 0.1) is 18.6 Å². The number of hydrogen-bond acceptors (Lipinski definition) is 6. The van der Waals surface area contributed by atoms with Gasteiger partial charge < -0.3 is 20.0 Å². The quantitative estimate of drug-likeness (QED) is 0.708. The molecule has 3 aromatic rings. The van der Waals surface area contributed by atoms with Gasteiger partial charge in [-0.15, -0.1) is 11.3 Å². The Labute approximate surface area is 125 Å². The molecule has 6 heteroatoms. The number of aromatic nitrogens is 1. The van der Waals surface area contributed by atoms with E-state index in [1.807, 2.05) is 29.6 Å². The van der Waals surface area contributed by atoms with Crippen LogP contribution in [0.4, 0.5) is 5.69 Å². The first-order chi connectivity index (χ1) is 10.3. The van der Waals surface area contributed by atoms with Gasteiger partial charge in [0.1, 0.15) is 23.1 Å². The van der Waals surface area contributed by atoms with Gasteiger partial charge in [-0.2, -0.15) is 0 Å². The summed E-state index contributed by atoms with van der Waals surface area (Å²) in [7, 11) is 0. The molecule has 21 heavy (non-hydrogen) atoms. The van der Waals surface area contributed by atoms with Gasteiger partial charge in [-0.1, -0.05) is 0 Å². The summed E-state index contributed by atoms with van der Waals surface area (Å²) in [5, 5.41) is 11.6. The van der Waals surface area contributed by atoms with Crippen molar-refractivity contribution < 1.29 is 14.3 Å². The lowest BCUT2D eigenvalue weighted by Crippen LogP contribution is -2.03. The number of aliphatic hydroxyl groups is 1. The lowest BCUT2D eigenvalue weighted by atomic mass is 10.2.